The zero-order chi connectivity index (χ0) is 18.4. The van der Waals surface area contributed by atoms with Crippen LogP contribution in [0.25, 0.3) is 0 Å². The lowest BCUT2D eigenvalue weighted by Crippen LogP contribution is -2.22. The van der Waals surface area contributed by atoms with Crippen LogP contribution in [0, 0.1) is 0 Å². The summed E-state index contributed by atoms with van der Waals surface area (Å²) in [7, 11) is 3.20. The van der Waals surface area contributed by atoms with Gasteiger partial charge in [0.2, 0.25) is 0 Å². The Morgan fingerprint density at radius 1 is 1.04 bits per heavy atom. The molecule has 0 atom stereocenters. The maximum absolute atomic E-state index is 6.00. The quantitative estimate of drug-likeness (QED) is 0.286. The predicted octanol–water partition coefficient (Wildman–Crippen LogP) is 3.62. The van der Waals surface area contributed by atoms with Crippen LogP contribution in [-0.2, 0) is 6.54 Å². The van der Waals surface area contributed by atoms with Crippen molar-refractivity contribution in [3.63, 3.8) is 0 Å². The summed E-state index contributed by atoms with van der Waals surface area (Å²) in [5.74, 6) is 1.66. The van der Waals surface area contributed by atoms with E-state index in [0.29, 0.717) is 24.0 Å². The first-order valence-electron chi connectivity index (χ1n) is 8.47. The molecule has 2 aromatic carbocycles. The zero-order valence-corrected chi connectivity index (χ0v) is 17.8. The van der Waals surface area contributed by atoms with E-state index in [9.17, 15) is 0 Å². The lowest BCUT2D eigenvalue weighted by atomic mass is 10.2. The zero-order valence-electron chi connectivity index (χ0n) is 15.5. The minimum absolute atomic E-state index is 0. The molecule has 6 nitrogen and oxygen atoms in total. The van der Waals surface area contributed by atoms with Gasteiger partial charge in [-0.2, -0.15) is 0 Å². The highest BCUT2D eigenvalue weighted by Crippen LogP contribution is 2.29. The van der Waals surface area contributed by atoms with Gasteiger partial charge in [-0.3, -0.25) is 0 Å². The van der Waals surface area contributed by atoms with Crippen LogP contribution in [0.15, 0.2) is 59.6 Å². The van der Waals surface area contributed by atoms with Crippen LogP contribution in [-0.4, -0.2) is 33.3 Å². The normalized spacial score (nSPS) is 13.3. The highest BCUT2D eigenvalue weighted by Gasteiger charge is 2.07. The molecule has 1 aliphatic heterocycles. The minimum Gasteiger partial charge on any atom is -0.493 e. The molecule has 0 amide bonds. The molecule has 144 valence electrons. The van der Waals surface area contributed by atoms with Crippen LogP contribution >= 0.6 is 24.0 Å². The molecule has 0 aromatic heterocycles. The number of rotatable bonds is 6. The van der Waals surface area contributed by atoms with Crippen molar-refractivity contribution in [3.8, 4) is 11.5 Å². The monoisotopic (exact) mass is 480 g/mol. The van der Waals surface area contributed by atoms with Crippen molar-refractivity contribution in [3.05, 3.63) is 60.2 Å². The van der Waals surface area contributed by atoms with E-state index in [-0.39, 0.29) is 24.0 Å². The standard InChI is InChI=1S/C20H24N4O2.HI/c1-25-18-10-7-16(13-19(18)26-2)23-20(21)22-14-15-5-8-17(9-6-15)24-11-3-4-12-24;/h3-10,13H,11-12,14H2,1-2H3,(H3,21,22,23);1H. The van der Waals surface area contributed by atoms with Gasteiger partial charge in [0.15, 0.2) is 17.5 Å². The van der Waals surface area contributed by atoms with E-state index < -0.39 is 0 Å². The molecule has 0 saturated carbocycles. The van der Waals surface area contributed by atoms with Crippen molar-refractivity contribution in [1.82, 2.24) is 0 Å². The topological polar surface area (TPSA) is 72.1 Å². The molecular formula is C20H25IN4O2. The van der Waals surface area contributed by atoms with Crippen LogP contribution < -0.4 is 25.4 Å². The molecule has 7 heteroatoms. The number of hydrogen-bond acceptors (Lipinski definition) is 4. The van der Waals surface area contributed by atoms with E-state index in [1.54, 1.807) is 14.2 Å². The molecule has 2 aromatic rings. The molecule has 0 radical (unpaired) electrons. The van der Waals surface area contributed by atoms with Crippen molar-refractivity contribution in [2.45, 2.75) is 6.54 Å². The second kappa shape index (κ2) is 10.1. The third-order valence-electron chi connectivity index (χ3n) is 4.21. The number of methoxy groups -OCH3 is 2. The summed E-state index contributed by atoms with van der Waals surface area (Å²) in [4.78, 5) is 6.71. The number of anilines is 2. The number of halogens is 1. The minimum atomic E-state index is 0. The van der Waals surface area contributed by atoms with Crippen LogP contribution in [0.1, 0.15) is 5.56 Å². The van der Waals surface area contributed by atoms with E-state index in [0.717, 1.165) is 24.3 Å². The number of benzene rings is 2. The molecule has 3 N–H and O–H groups in total. The molecule has 0 aliphatic carbocycles. The first kappa shape index (κ1) is 20.9. The largest absolute Gasteiger partial charge is 0.493 e. The number of guanidine groups is 1. The van der Waals surface area contributed by atoms with Gasteiger partial charge in [0, 0.05) is 30.5 Å². The Labute approximate surface area is 177 Å². The molecule has 1 aliphatic rings. The van der Waals surface area contributed by atoms with E-state index in [4.69, 9.17) is 15.2 Å². The Hall–Kier alpha value is -2.42. The average Bonchev–Trinajstić information content (AvgIpc) is 3.21. The summed E-state index contributed by atoms with van der Waals surface area (Å²) in [5.41, 5.74) is 9.12. The Kier molecular flexibility index (Phi) is 7.78. The first-order valence-corrected chi connectivity index (χ1v) is 8.47. The van der Waals surface area contributed by atoms with Gasteiger partial charge in [0.1, 0.15) is 0 Å². The fraction of sp³-hybridized carbons (Fsp3) is 0.250. The van der Waals surface area contributed by atoms with Gasteiger partial charge >= 0.3 is 0 Å². The summed E-state index contributed by atoms with van der Waals surface area (Å²) < 4.78 is 10.5. The third-order valence-corrected chi connectivity index (χ3v) is 4.21. The Bertz CT molecular complexity index is 798. The van der Waals surface area contributed by atoms with Crippen LogP contribution in [0.3, 0.4) is 0 Å². The van der Waals surface area contributed by atoms with E-state index in [1.807, 2.05) is 18.2 Å². The predicted molar refractivity (Wildman–Crippen MR) is 122 cm³/mol. The van der Waals surface area contributed by atoms with Crippen molar-refractivity contribution >= 4 is 41.3 Å². The van der Waals surface area contributed by atoms with Gasteiger partial charge in [-0.25, -0.2) is 4.99 Å². The average molecular weight is 480 g/mol. The van der Waals surface area contributed by atoms with Crippen molar-refractivity contribution in [2.24, 2.45) is 10.7 Å². The summed E-state index contributed by atoms with van der Waals surface area (Å²) in [5, 5.41) is 3.07. The van der Waals surface area contributed by atoms with Gasteiger partial charge in [0.25, 0.3) is 0 Å². The fourth-order valence-corrected chi connectivity index (χ4v) is 2.78. The second-order valence-electron chi connectivity index (χ2n) is 5.94. The van der Waals surface area contributed by atoms with Gasteiger partial charge in [-0.05, 0) is 29.8 Å². The van der Waals surface area contributed by atoms with Crippen LogP contribution in [0.2, 0.25) is 0 Å². The Morgan fingerprint density at radius 3 is 2.33 bits per heavy atom. The summed E-state index contributed by atoms with van der Waals surface area (Å²) in [6, 6.07) is 13.9. The molecule has 27 heavy (non-hydrogen) atoms. The highest BCUT2D eigenvalue weighted by atomic mass is 127. The molecule has 0 spiro atoms. The lowest BCUT2D eigenvalue weighted by Gasteiger charge is -2.17. The Balaban J connectivity index is 0.00000261. The summed E-state index contributed by atoms with van der Waals surface area (Å²) >= 11 is 0. The van der Waals surface area contributed by atoms with E-state index >= 15 is 0 Å². The number of ether oxygens (including phenoxy) is 2. The molecule has 0 unspecified atom stereocenters. The van der Waals surface area contributed by atoms with Gasteiger partial charge in [0.05, 0.1) is 20.8 Å². The summed E-state index contributed by atoms with van der Waals surface area (Å²) in [6.45, 7) is 2.46. The third kappa shape index (κ3) is 5.53. The number of nitrogens with one attached hydrogen (secondary N) is 1. The van der Waals surface area contributed by atoms with Crippen molar-refractivity contribution in [2.75, 3.05) is 37.5 Å². The van der Waals surface area contributed by atoms with Crippen LogP contribution in [0.4, 0.5) is 11.4 Å². The maximum atomic E-state index is 6.00. The molecular weight excluding hydrogens is 455 g/mol. The van der Waals surface area contributed by atoms with Gasteiger partial charge in [-0.15, -0.1) is 24.0 Å². The molecule has 0 saturated heterocycles. The van der Waals surface area contributed by atoms with Gasteiger partial charge < -0.3 is 25.4 Å². The number of nitrogens with zero attached hydrogens (tertiary/aromatic N) is 2. The SMILES string of the molecule is COc1ccc(NC(N)=NCc2ccc(N3CC=CC3)cc2)cc1OC.I. The molecule has 0 fully saturated rings. The van der Waals surface area contributed by atoms with Crippen molar-refractivity contribution in [1.29, 1.82) is 0 Å². The summed E-state index contributed by atoms with van der Waals surface area (Å²) in [6.07, 6.45) is 4.36. The number of aliphatic imine (C=N–C) groups is 1. The highest BCUT2D eigenvalue weighted by molar-refractivity contribution is 14.0. The fourth-order valence-electron chi connectivity index (χ4n) is 2.78. The molecule has 0 bridgehead atoms. The molecule has 3 rings (SSSR count). The van der Waals surface area contributed by atoms with Crippen molar-refractivity contribution < 1.29 is 9.47 Å². The first-order chi connectivity index (χ1) is 12.7. The second-order valence-corrected chi connectivity index (χ2v) is 5.94. The number of hydrogen-bond donors (Lipinski definition) is 2. The van der Waals surface area contributed by atoms with E-state index in [1.165, 1.54) is 5.69 Å². The van der Waals surface area contributed by atoms with Gasteiger partial charge in [-0.1, -0.05) is 24.3 Å². The van der Waals surface area contributed by atoms with Crippen LogP contribution in [0.5, 0.6) is 11.5 Å². The van der Waals surface area contributed by atoms with E-state index in [2.05, 4.69) is 51.6 Å². The Morgan fingerprint density at radius 2 is 1.70 bits per heavy atom. The maximum Gasteiger partial charge on any atom is 0.193 e. The molecule has 1 heterocycles. The smallest absolute Gasteiger partial charge is 0.193 e. The lowest BCUT2D eigenvalue weighted by molar-refractivity contribution is 0.355. The number of nitrogens with two attached hydrogens (primary N) is 1.